The molecule has 0 aromatic heterocycles. The third-order valence-electron chi connectivity index (χ3n) is 11.0. The monoisotopic (exact) mass is 802 g/mol. The van der Waals surface area contributed by atoms with E-state index >= 15 is 0 Å². The maximum atomic E-state index is 14.6. The van der Waals surface area contributed by atoms with E-state index in [-0.39, 0.29) is 49.4 Å². The zero-order valence-electron chi connectivity index (χ0n) is 33.8. The Morgan fingerprint density at radius 1 is 0.897 bits per heavy atom. The van der Waals surface area contributed by atoms with E-state index in [1.807, 2.05) is 24.3 Å². The van der Waals surface area contributed by atoms with Crippen molar-refractivity contribution < 1.29 is 43.0 Å². The lowest BCUT2D eigenvalue weighted by Gasteiger charge is -2.35. The van der Waals surface area contributed by atoms with Gasteiger partial charge in [0, 0.05) is 39.9 Å². The molecule has 2 unspecified atom stereocenters. The summed E-state index contributed by atoms with van der Waals surface area (Å²) in [4.78, 5) is 97.4. The average Bonchev–Trinajstić information content (AvgIpc) is 3.67. The van der Waals surface area contributed by atoms with Gasteiger partial charge in [0.15, 0.2) is 0 Å². The molecule has 314 valence electrons. The maximum Gasteiger partial charge on any atom is 0.290 e. The average molecular weight is 803 g/mol. The summed E-state index contributed by atoms with van der Waals surface area (Å²) in [5, 5.41) is 10.7. The number of hydrogen-bond acceptors (Lipinski definition) is 9. The predicted octanol–water partition coefficient (Wildman–Crippen LogP) is 2.37. The Labute approximate surface area is 340 Å². The number of rotatable bonds is 12. The first-order valence-corrected chi connectivity index (χ1v) is 20.6. The summed E-state index contributed by atoms with van der Waals surface area (Å²) >= 11 is 0. The number of ether oxygens (including phenoxy) is 2. The van der Waals surface area contributed by atoms with Gasteiger partial charge < -0.3 is 40.5 Å². The molecule has 4 bridgehead atoms. The number of hydrogen-bond donors (Lipinski definition) is 4. The van der Waals surface area contributed by atoms with Crippen LogP contribution in [0.2, 0.25) is 0 Å². The molecule has 6 amide bonds. The number of nitrogens with zero attached hydrogens (tertiary/aromatic N) is 2. The molecule has 2 aromatic carbocycles. The lowest BCUT2D eigenvalue weighted by Crippen LogP contribution is -2.58. The van der Waals surface area contributed by atoms with Crippen LogP contribution in [-0.4, -0.2) is 116 Å². The third kappa shape index (κ3) is 12.1. The molecule has 15 nitrogen and oxygen atoms in total. The van der Waals surface area contributed by atoms with Crippen molar-refractivity contribution >= 4 is 41.2 Å². The highest BCUT2D eigenvalue weighted by Gasteiger charge is 2.45. The van der Waals surface area contributed by atoms with Crippen LogP contribution in [0.1, 0.15) is 88.3 Å². The van der Waals surface area contributed by atoms with E-state index in [0.717, 1.165) is 37.7 Å². The first-order valence-electron chi connectivity index (χ1n) is 20.6. The lowest BCUT2D eigenvalue weighted by atomic mass is 9.83. The number of nitrogens with one attached hydrogen (secondary N) is 4. The summed E-state index contributed by atoms with van der Waals surface area (Å²) < 4.78 is 12.0. The number of likely N-dealkylation sites (N-methyl/N-ethyl adjacent to an activating group) is 1. The van der Waals surface area contributed by atoms with Crippen molar-refractivity contribution in [2.45, 2.75) is 108 Å². The van der Waals surface area contributed by atoms with Crippen molar-refractivity contribution in [1.29, 1.82) is 0 Å². The fourth-order valence-electron chi connectivity index (χ4n) is 7.83. The molecule has 6 rings (SSSR count). The molecule has 1 aliphatic carbocycles. The SMILES string of the molecule is CCCC(NC(=O)[C@@H]1CC2CN1C(=O)[C@H](C1CCCCC1)NC(=O)CCc1ccc(cc1)OCCCO2)C(=O)C(=O)NCC(=O)N[C@H](C(=O)N(C)C)c1ccccc1. The topological polar surface area (TPSA) is 193 Å². The van der Waals surface area contributed by atoms with Crippen LogP contribution in [0, 0.1) is 5.92 Å². The molecule has 1 saturated heterocycles. The van der Waals surface area contributed by atoms with E-state index in [9.17, 15) is 33.6 Å². The second-order valence-corrected chi connectivity index (χ2v) is 15.6. The van der Waals surface area contributed by atoms with Gasteiger partial charge in [0.2, 0.25) is 35.3 Å². The number of carbonyl (C=O) groups excluding carboxylic acids is 7. The van der Waals surface area contributed by atoms with Gasteiger partial charge >= 0.3 is 0 Å². The standard InChI is InChI=1S/C43H58N6O9/c1-4-12-33(39(52)41(54)44-26-36(51)47-37(42(55)48(2)3)29-13-7-5-8-14-29)45-40(53)34-25-32-27-49(34)43(56)38(30-15-9-6-10-16-30)46-35(50)22-19-28-17-20-31(21-18-28)57-23-11-24-58-32/h5,7-8,13-14,17-18,20-21,30,32-34,37-38H,4,6,9-12,15-16,19,22-27H2,1-3H3,(H,44,54)(H,45,53)(H,46,50)(H,47,51)/t32?,33?,34-,37-,38-/m0/s1. The van der Waals surface area contributed by atoms with Crippen LogP contribution >= 0.6 is 0 Å². The molecule has 2 fully saturated rings. The summed E-state index contributed by atoms with van der Waals surface area (Å²) in [5.74, 6) is -3.73. The third-order valence-corrected chi connectivity index (χ3v) is 11.0. The van der Waals surface area contributed by atoms with E-state index in [0.29, 0.717) is 43.8 Å². The van der Waals surface area contributed by atoms with Crippen molar-refractivity contribution in [1.82, 2.24) is 31.1 Å². The van der Waals surface area contributed by atoms with Crippen molar-refractivity contribution in [3.63, 3.8) is 0 Å². The quantitative estimate of drug-likeness (QED) is 0.234. The van der Waals surface area contributed by atoms with Gasteiger partial charge in [-0.2, -0.15) is 0 Å². The van der Waals surface area contributed by atoms with Crippen LogP contribution in [0.5, 0.6) is 5.75 Å². The Morgan fingerprint density at radius 3 is 2.31 bits per heavy atom. The Bertz CT molecular complexity index is 1750. The fraction of sp³-hybridized carbons (Fsp3) is 0.558. The number of fused-ring (bicyclic) bond motifs is 11. The van der Waals surface area contributed by atoms with E-state index in [2.05, 4.69) is 21.3 Å². The zero-order valence-corrected chi connectivity index (χ0v) is 33.8. The number of carbonyl (C=O) groups is 7. The van der Waals surface area contributed by atoms with Crippen LogP contribution in [0.15, 0.2) is 54.6 Å². The van der Waals surface area contributed by atoms with Crippen molar-refractivity contribution in [3.05, 3.63) is 65.7 Å². The summed E-state index contributed by atoms with van der Waals surface area (Å²) in [7, 11) is 3.12. The largest absolute Gasteiger partial charge is 0.494 e. The number of ketones is 1. The molecule has 3 aliphatic heterocycles. The van der Waals surface area contributed by atoms with Gasteiger partial charge in [-0.1, -0.05) is 75.1 Å². The Kier molecular flexibility index (Phi) is 16.2. The number of benzene rings is 2. The first-order chi connectivity index (χ1) is 27.9. The minimum absolute atomic E-state index is 0.102. The maximum absolute atomic E-state index is 14.6. The van der Waals surface area contributed by atoms with Crippen molar-refractivity contribution in [2.75, 3.05) is 40.4 Å². The fourth-order valence-corrected chi connectivity index (χ4v) is 7.83. The van der Waals surface area contributed by atoms with E-state index in [4.69, 9.17) is 9.47 Å². The lowest BCUT2D eigenvalue weighted by molar-refractivity contribution is -0.144. The molecular formula is C43H58N6O9. The van der Waals surface area contributed by atoms with Gasteiger partial charge in [-0.05, 0) is 54.9 Å². The molecule has 0 spiro atoms. The smallest absolute Gasteiger partial charge is 0.290 e. The molecule has 58 heavy (non-hydrogen) atoms. The number of amides is 6. The molecule has 5 atom stereocenters. The van der Waals surface area contributed by atoms with E-state index < -0.39 is 60.3 Å². The van der Waals surface area contributed by atoms with Gasteiger partial charge in [-0.3, -0.25) is 33.6 Å². The number of aryl methyl sites for hydroxylation is 1. The zero-order chi connectivity index (χ0) is 41.6. The molecule has 1 saturated carbocycles. The highest BCUT2D eigenvalue weighted by molar-refractivity contribution is 6.38. The van der Waals surface area contributed by atoms with Gasteiger partial charge in [-0.25, -0.2) is 0 Å². The molecule has 15 heteroatoms. The Balaban J connectivity index is 1.28. The van der Waals surface area contributed by atoms with E-state index in [1.165, 1.54) is 9.80 Å². The Morgan fingerprint density at radius 2 is 1.62 bits per heavy atom. The second-order valence-electron chi connectivity index (χ2n) is 15.6. The minimum Gasteiger partial charge on any atom is -0.494 e. The minimum atomic E-state index is -1.24. The predicted molar refractivity (Wildman–Crippen MR) is 214 cm³/mol. The molecule has 3 heterocycles. The first kappa shape index (κ1) is 43.8. The van der Waals surface area contributed by atoms with Gasteiger partial charge in [-0.15, -0.1) is 0 Å². The number of Topliss-reactive ketones (excluding diaryl/α,β-unsaturated/α-hetero) is 1. The summed E-state index contributed by atoms with van der Waals surface area (Å²) in [6, 6.07) is 12.1. The molecular weight excluding hydrogens is 745 g/mol. The van der Waals surface area contributed by atoms with Crippen LogP contribution in [-0.2, 0) is 44.7 Å². The molecule has 2 aromatic rings. The second kappa shape index (κ2) is 21.4. The van der Waals surface area contributed by atoms with Crippen LogP contribution in [0.25, 0.3) is 0 Å². The van der Waals surface area contributed by atoms with Crippen LogP contribution < -0.4 is 26.0 Å². The van der Waals surface area contributed by atoms with Crippen LogP contribution in [0.3, 0.4) is 0 Å². The van der Waals surface area contributed by atoms with Gasteiger partial charge in [0.25, 0.3) is 5.91 Å². The normalized spacial score (nSPS) is 21.6. The molecule has 4 aliphatic rings. The summed E-state index contributed by atoms with van der Waals surface area (Å²) in [6.07, 6.45) is 5.90. The van der Waals surface area contributed by atoms with Crippen molar-refractivity contribution in [2.24, 2.45) is 5.92 Å². The van der Waals surface area contributed by atoms with E-state index in [1.54, 1.807) is 51.4 Å². The van der Waals surface area contributed by atoms with Crippen LogP contribution in [0.4, 0.5) is 0 Å². The van der Waals surface area contributed by atoms with Gasteiger partial charge in [0.05, 0.1) is 31.9 Å². The van der Waals surface area contributed by atoms with Crippen molar-refractivity contribution in [3.8, 4) is 5.75 Å². The highest BCUT2D eigenvalue weighted by atomic mass is 16.5. The summed E-state index contributed by atoms with van der Waals surface area (Å²) in [5.41, 5.74) is 1.51. The Hall–Kier alpha value is -5.31. The summed E-state index contributed by atoms with van der Waals surface area (Å²) in [6.45, 7) is 2.05. The van der Waals surface area contributed by atoms with Gasteiger partial charge in [0.1, 0.15) is 23.9 Å². The molecule has 0 radical (unpaired) electrons. The molecule has 4 N–H and O–H groups in total. The highest BCUT2D eigenvalue weighted by Crippen LogP contribution is 2.30.